The molecule has 0 fully saturated rings. The highest BCUT2D eigenvalue weighted by Gasteiger charge is 2.20. The Morgan fingerprint density at radius 3 is 2.35 bits per heavy atom. The molecule has 1 rings (SSSR count). The lowest BCUT2D eigenvalue weighted by Gasteiger charge is -2.21. The molecular weight excluding hydrogens is 214 g/mol. The molecule has 1 aromatic heterocycles. The third-order valence-electron chi connectivity index (χ3n) is 2.82. The van der Waals surface area contributed by atoms with Crippen LogP contribution in [0.2, 0.25) is 0 Å². The van der Waals surface area contributed by atoms with E-state index < -0.39 is 0 Å². The first-order chi connectivity index (χ1) is 7.73. The van der Waals surface area contributed by atoms with Gasteiger partial charge >= 0.3 is 0 Å². The van der Waals surface area contributed by atoms with Crippen LogP contribution in [0.5, 0.6) is 0 Å². The first kappa shape index (κ1) is 14.2. The minimum Gasteiger partial charge on any atom is -0.392 e. The summed E-state index contributed by atoms with van der Waals surface area (Å²) in [5, 5.41) is 17.1. The highest BCUT2D eigenvalue weighted by atomic mass is 16.3. The second-order valence-corrected chi connectivity index (χ2v) is 5.71. The molecule has 17 heavy (non-hydrogen) atoms. The molecule has 98 valence electrons. The fourth-order valence-electron chi connectivity index (χ4n) is 1.99. The van der Waals surface area contributed by atoms with Gasteiger partial charge in [-0.1, -0.05) is 0 Å². The summed E-state index contributed by atoms with van der Waals surface area (Å²) in [6, 6.07) is 0. The average Bonchev–Trinajstić information content (AvgIpc) is 2.43. The smallest absolute Gasteiger partial charge is 0.0641 e. The molecule has 0 radical (unpaired) electrons. The van der Waals surface area contributed by atoms with E-state index in [1.807, 2.05) is 6.92 Å². The van der Waals surface area contributed by atoms with Crippen LogP contribution < -0.4 is 5.32 Å². The van der Waals surface area contributed by atoms with E-state index in [2.05, 4.69) is 42.8 Å². The van der Waals surface area contributed by atoms with Gasteiger partial charge in [-0.3, -0.25) is 4.68 Å². The van der Waals surface area contributed by atoms with Gasteiger partial charge in [0.15, 0.2) is 0 Å². The lowest BCUT2D eigenvalue weighted by Crippen LogP contribution is -2.26. The minimum atomic E-state index is -0.312. The second kappa shape index (κ2) is 5.19. The van der Waals surface area contributed by atoms with Crippen LogP contribution in [0.3, 0.4) is 0 Å². The van der Waals surface area contributed by atoms with Crippen LogP contribution in [0.25, 0.3) is 0 Å². The zero-order valence-corrected chi connectivity index (χ0v) is 11.8. The Kier molecular flexibility index (Phi) is 4.33. The molecule has 0 saturated heterocycles. The molecule has 1 heterocycles. The molecule has 1 aromatic rings. The monoisotopic (exact) mass is 239 g/mol. The Balaban J connectivity index is 2.83. The van der Waals surface area contributed by atoms with Crippen LogP contribution in [0, 0.1) is 13.8 Å². The maximum absolute atomic E-state index is 9.22. The maximum Gasteiger partial charge on any atom is 0.0641 e. The standard InChI is InChI=1S/C13H25N3O/c1-9(17)7-14-8-12-10(2)15-16(11(12)3)13(4,5)6/h9,14,17H,7-8H2,1-6H3. The zero-order valence-electron chi connectivity index (χ0n) is 11.8. The first-order valence-corrected chi connectivity index (χ1v) is 6.18. The molecule has 4 heteroatoms. The number of rotatable bonds is 4. The minimum absolute atomic E-state index is 0.0113. The van der Waals surface area contributed by atoms with Crippen molar-refractivity contribution in [2.45, 2.75) is 59.7 Å². The van der Waals surface area contributed by atoms with Crippen molar-refractivity contribution in [1.82, 2.24) is 15.1 Å². The Hall–Kier alpha value is -0.870. The van der Waals surface area contributed by atoms with Crippen LogP contribution in [0.4, 0.5) is 0 Å². The van der Waals surface area contributed by atoms with Gasteiger partial charge in [-0.15, -0.1) is 0 Å². The van der Waals surface area contributed by atoms with Gasteiger partial charge in [-0.05, 0) is 41.5 Å². The molecule has 0 aliphatic heterocycles. The molecule has 1 atom stereocenters. The predicted molar refractivity (Wildman–Crippen MR) is 70.1 cm³/mol. The molecule has 0 bridgehead atoms. The Labute approximate surface area is 104 Å². The number of nitrogens with zero attached hydrogens (tertiary/aromatic N) is 2. The normalized spacial score (nSPS) is 14.1. The summed E-state index contributed by atoms with van der Waals surface area (Å²) in [5.74, 6) is 0. The number of aryl methyl sites for hydroxylation is 1. The van der Waals surface area contributed by atoms with Crippen molar-refractivity contribution in [2.24, 2.45) is 0 Å². The molecule has 0 aliphatic carbocycles. The number of aliphatic hydroxyl groups excluding tert-OH is 1. The number of aliphatic hydroxyl groups is 1. The number of hydrogen-bond donors (Lipinski definition) is 2. The fourth-order valence-corrected chi connectivity index (χ4v) is 1.99. The zero-order chi connectivity index (χ0) is 13.2. The number of hydrogen-bond acceptors (Lipinski definition) is 3. The van der Waals surface area contributed by atoms with E-state index in [1.54, 1.807) is 6.92 Å². The summed E-state index contributed by atoms with van der Waals surface area (Å²) in [4.78, 5) is 0. The van der Waals surface area contributed by atoms with Crippen LogP contribution in [-0.4, -0.2) is 27.5 Å². The van der Waals surface area contributed by atoms with E-state index >= 15 is 0 Å². The molecule has 4 nitrogen and oxygen atoms in total. The summed E-state index contributed by atoms with van der Waals surface area (Å²) in [7, 11) is 0. The van der Waals surface area contributed by atoms with E-state index in [0.29, 0.717) is 6.54 Å². The predicted octanol–water partition coefficient (Wildman–Crippen LogP) is 1.73. The van der Waals surface area contributed by atoms with Crippen molar-refractivity contribution >= 4 is 0 Å². The van der Waals surface area contributed by atoms with Gasteiger partial charge in [0.25, 0.3) is 0 Å². The highest BCUT2D eigenvalue weighted by molar-refractivity contribution is 5.25. The summed E-state index contributed by atoms with van der Waals surface area (Å²) >= 11 is 0. The summed E-state index contributed by atoms with van der Waals surface area (Å²) in [6.07, 6.45) is -0.312. The fraction of sp³-hybridized carbons (Fsp3) is 0.769. The van der Waals surface area contributed by atoms with Crippen molar-refractivity contribution in [3.05, 3.63) is 17.0 Å². The summed E-state index contributed by atoms with van der Waals surface area (Å²) in [6.45, 7) is 13.8. The average molecular weight is 239 g/mol. The quantitative estimate of drug-likeness (QED) is 0.841. The molecule has 0 aromatic carbocycles. The van der Waals surface area contributed by atoms with Crippen molar-refractivity contribution in [3.63, 3.8) is 0 Å². The van der Waals surface area contributed by atoms with E-state index in [0.717, 1.165) is 12.2 Å². The van der Waals surface area contributed by atoms with Crippen LogP contribution in [-0.2, 0) is 12.1 Å². The molecular formula is C13H25N3O. The van der Waals surface area contributed by atoms with Gasteiger partial charge in [0, 0.05) is 24.3 Å². The lowest BCUT2D eigenvalue weighted by atomic mass is 10.1. The topological polar surface area (TPSA) is 50.1 Å². The van der Waals surface area contributed by atoms with Gasteiger partial charge in [0.2, 0.25) is 0 Å². The SMILES string of the molecule is Cc1nn(C(C)(C)C)c(C)c1CNCC(C)O. The van der Waals surface area contributed by atoms with E-state index in [4.69, 9.17) is 0 Å². The first-order valence-electron chi connectivity index (χ1n) is 6.18. The number of nitrogens with one attached hydrogen (secondary N) is 1. The third-order valence-corrected chi connectivity index (χ3v) is 2.82. The van der Waals surface area contributed by atoms with E-state index in [9.17, 15) is 5.11 Å². The van der Waals surface area contributed by atoms with Gasteiger partial charge < -0.3 is 10.4 Å². The second-order valence-electron chi connectivity index (χ2n) is 5.71. The Morgan fingerprint density at radius 1 is 1.35 bits per heavy atom. The van der Waals surface area contributed by atoms with Crippen molar-refractivity contribution < 1.29 is 5.11 Å². The molecule has 0 aliphatic rings. The molecule has 2 N–H and O–H groups in total. The largest absolute Gasteiger partial charge is 0.392 e. The number of aromatic nitrogens is 2. The van der Waals surface area contributed by atoms with Crippen LogP contribution in [0.1, 0.15) is 44.6 Å². The Morgan fingerprint density at radius 2 is 1.94 bits per heavy atom. The van der Waals surface area contributed by atoms with E-state index in [1.165, 1.54) is 11.3 Å². The van der Waals surface area contributed by atoms with Gasteiger partial charge in [0.1, 0.15) is 0 Å². The van der Waals surface area contributed by atoms with Crippen molar-refractivity contribution in [3.8, 4) is 0 Å². The summed E-state index contributed by atoms with van der Waals surface area (Å²) < 4.78 is 2.07. The highest BCUT2D eigenvalue weighted by Crippen LogP contribution is 2.21. The van der Waals surface area contributed by atoms with Crippen LogP contribution >= 0.6 is 0 Å². The third kappa shape index (κ3) is 3.54. The molecule has 1 unspecified atom stereocenters. The van der Waals surface area contributed by atoms with E-state index in [-0.39, 0.29) is 11.6 Å². The molecule has 0 amide bonds. The molecule has 0 spiro atoms. The van der Waals surface area contributed by atoms with Crippen LogP contribution in [0.15, 0.2) is 0 Å². The van der Waals surface area contributed by atoms with Crippen molar-refractivity contribution in [1.29, 1.82) is 0 Å². The van der Waals surface area contributed by atoms with Gasteiger partial charge in [-0.2, -0.15) is 5.10 Å². The lowest BCUT2D eigenvalue weighted by molar-refractivity contribution is 0.191. The molecule has 0 saturated carbocycles. The Bertz CT molecular complexity index is 375. The maximum atomic E-state index is 9.22. The summed E-state index contributed by atoms with van der Waals surface area (Å²) in [5.41, 5.74) is 3.52. The van der Waals surface area contributed by atoms with Crippen molar-refractivity contribution in [2.75, 3.05) is 6.54 Å². The van der Waals surface area contributed by atoms with Gasteiger partial charge in [-0.25, -0.2) is 0 Å². The van der Waals surface area contributed by atoms with Gasteiger partial charge in [0.05, 0.1) is 17.3 Å².